The molecule has 1 unspecified atom stereocenters. The van der Waals surface area contributed by atoms with E-state index in [1.165, 1.54) is 17.8 Å². The second-order valence-corrected chi connectivity index (χ2v) is 12.2. The first-order valence-corrected chi connectivity index (χ1v) is 15.7. The Labute approximate surface area is 229 Å². The van der Waals surface area contributed by atoms with Crippen LogP contribution in [-0.4, -0.2) is 50.7 Å². The van der Waals surface area contributed by atoms with E-state index in [0.717, 1.165) is 37.8 Å². The number of carbonyl (C=O) groups is 1. The van der Waals surface area contributed by atoms with Crippen molar-refractivity contribution in [1.82, 2.24) is 4.31 Å². The van der Waals surface area contributed by atoms with Crippen LogP contribution in [0.15, 0.2) is 64.3 Å². The van der Waals surface area contributed by atoms with E-state index in [1.807, 2.05) is 36.6 Å². The van der Waals surface area contributed by atoms with Gasteiger partial charge in [-0.05, 0) is 56.6 Å². The van der Waals surface area contributed by atoms with Gasteiger partial charge in [-0.1, -0.05) is 38.0 Å². The summed E-state index contributed by atoms with van der Waals surface area (Å²) in [5, 5.41) is 0. The number of para-hydroxylation sites is 1. The molecule has 2 aliphatic rings. The van der Waals surface area contributed by atoms with Crippen molar-refractivity contribution in [2.45, 2.75) is 61.8 Å². The molecule has 2 aromatic rings. The van der Waals surface area contributed by atoms with Crippen LogP contribution in [0, 0.1) is 5.92 Å². The van der Waals surface area contributed by atoms with Crippen molar-refractivity contribution in [3.05, 3.63) is 54.6 Å². The number of carbonyl (C=O) groups excluding carboxylic acids is 1. The molecule has 2 aromatic carbocycles. The van der Waals surface area contributed by atoms with Gasteiger partial charge in [0.05, 0.1) is 17.2 Å². The van der Waals surface area contributed by atoms with Crippen molar-refractivity contribution in [1.29, 1.82) is 0 Å². The first-order valence-electron chi connectivity index (χ1n) is 13.1. The molecular weight excluding hydrogens is 527 g/mol. The Morgan fingerprint density at radius 3 is 2.55 bits per heavy atom. The van der Waals surface area contributed by atoms with Crippen LogP contribution in [0.5, 0.6) is 5.75 Å². The summed E-state index contributed by atoms with van der Waals surface area (Å²) in [5.41, 5.74) is 1.45. The predicted molar refractivity (Wildman–Crippen MR) is 148 cm³/mol. The number of nitrogens with zero attached hydrogens (tertiary/aromatic N) is 2. The summed E-state index contributed by atoms with van der Waals surface area (Å²) in [7, 11) is -3.91. The van der Waals surface area contributed by atoms with Gasteiger partial charge in [0.1, 0.15) is 16.9 Å². The molecule has 0 bridgehead atoms. The van der Waals surface area contributed by atoms with Crippen molar-refractivity contribution in [2.75, 3.05) is 30.9 Å². The minimum atomic E-state index is -3.91. The largest absolute Gasteiger partial charge is 0.461 e. The SMILES string of the molecule is CCCCC1CN(c2ccccc2)c2cc(SC)c(O/C=C(\F)C(=O)OCC)cc2S(=O)(=O)N1CC1CC1. The molecular formula is C28H35FN2O5S2. The summed E-state index contributed by atoms with van der Waals surface area (Å²) in [4.78, 5) is 14.5. The number of hydrogen-bond acceptors (Lipinski definition) is 7. The Hall–Kier alpha value is -2.56. The van der Waals surface area contributed by atoms with E-state index in [1.54, 1.807) is 17.3 Å². The van der Waals surface area contributed by atoms with Crippen LogP contribution in [0.2, 0.25) is 0 Å². The van der Waals surface area contributed by atoms with E-state index in [4.69, 9.17) is 4.74 Å². The maximum Gasteiger partial charge on any atom is 0.370 e. The van der Waals surface area contributed by atoms with E-state index >= 15 is 0 Å². The molecule has 1 aliphatic carbocycles. The lowest BCUT2D eigenvalue weighted by atomic mass is 10.1. The number of anilines is 2. The molecule has 0 spiro atoms. The third-order valence-corrected chi connectivity index (χ3v) is 9.48. The lowest BCUT2D eigenvalue weighted by Crippen LogP contribution is -2.44. The molecule has 0 saturated heterocycles. The zero-order valence-electron chi connectivity index (χ0n) is 22.1. The molecule has 10 heteroatoms. The fourth-order valence-electron chi connectivity index (χ4n) is 4.62. The highest BCUT2D eigenvalue weighted by Gasteiger charge is 2.42. The van der Waals surface area contributed by atoms with Crippen molar-refractivity contribution < 1.29 is 27.1 Å². The molecule has 0 radical (unpaired) electrons. The van der Waals surface area contributed by atoms with E-state index < -0.39 is 21.8 Å². The molecule has 1 atom stereocenters. The van der Waals surface area contributed by atoms with Gasteiger partial charge in [0.25, 0.3) is 0 Å². The van der Waals surface area contributed by atoms with E-state index in [9.17, 15) is 17.6 Å². The van der Waals surface area contributed by atoms with Crippen LogP contribution in [-0.2, 0) is 19.6 Å². The Balaban J connectivity index is 1.85. The third kappa shape index (κ3) is 6.35. The summed E-state index contributed by atoms with van der Waals surface area (Å²) in [5.74, 6) is -1.81. The second-order valence-electron chi connectivity index (χ2n) is 9.54. The molecule has 0 N–H and O–H groups in total. The average molecular weight is 563 g/mol. The maximum absolute atomic E-state index is 14.3. The Kier molecular flexibility index (Phi) is 9.38. The van der Waals surface area contributed by atoms with Gasteiger partial charge in [-0.2, -0.15) is 8.70 Å². The van der Waals surface area contributed by atoms with Gasteiger partial charge in [0.15, 0.2) is 0 Å². The van der Waals surface area contributed by atoms with Crippen molar-refractivity contribution in [3.63, 3.8) is 0 Å². The highest BCUT2D eigenvalue weighted by atomic mass is 32.2. The Bertz CT molecular complexity index is 1270. The second kappa shape index (κ2) is 12.5. The number of halogens is 1. The monoisotopic (exact) mass is 562 g/mol. The lowest BCUT2D eigenvalue weighted by Gasteiger charge is -2.31. The number of rotatable bonds is 11. The van der Waals surface area contributed by atoms with Gasteiger partial charge in [0.2, 0.25) is 15.9 Å². The number of ether oxygens (including phenoxy) is 2. The lowest BCUT2D eigenvalue weighted by molar-refractivity contribution is -0.140. The molecule has 1 fully saturated rings. The maximum atomic E-state index is 14.3. The normalized spacial score (nSPS) is 19.5. The zero-order chi connectivity index (χ0) is 27.3. The van der Waals surface area contributed by atoms with E-state index in [-0.39, 0.29) is 23.3 Å². The van der Waals surface area contributed by atoms with Crippen LogP contribution in [0.25, 0.3) is 0 Å². The molecule has 1 aliphatic heterocycles. The molecule has 7 nitrogen and oxygen atoms in total. The summed E-state index contributed by atoms with van der Waals surface area (Å²) in [6.45, 7) is 4.72. The average Bonchev–Trinajstić information content (AvgIpc) is 3.75. The Morgan fingerprint density at radius 2 is 1.92 bits per heavy atom. The highest BCUT2D eigenvalue weighted by molar-refractivity contribution is 7.98. The molecule has 38 heavy (non-hydrogen) atoms. The van der Waals surface area contributed by atoms with E-state index in [2.05, 4.69) is 16.6 Å². The molecule has 0 aromatic heterocycles. The Morgan fingerprint density at radius 1 is 1.18 bits per heavy atom. The molecule has 206 valence electrons. The summed E-state index contributed by atoms with van der Waals surface area (Å²) < 4.78 is 54.8. The van der Waals surface area contributed by atoms with Crippen LogP contribution in [0.3, 0.4) is 0 Å². The molecule has 1 heterocycles. The molecule has 4 rings (SSSR count). The van der Waals surface area contributed by atoms with Crippen molar-refractivity contribution >= 4 is 39.1 Å². The fraction of sp³-hybridized carbons (Fsp3) is 0.464. The number of benzene rings is 2. The summed E-state index contributed by atoms with van der Waals surface area (Å²) in [6, 6.07) is 12.8. The van der Waals surface area contributed by atoms with Gasteiger partial charge in [-0.3, -0.25) is 0 Å². The molecule has 1 saturated carbocycles. The van der Waals surface area contributed by atoms with Gasteiger partial charge in [0, 0.05) is 30.9 Å². The van der Waals surface area contributed by atoms with Crippen LogP contribution in [0.1, 0.15) is 46.0 Å². The summed E-state index contributed by atoms with van der Waals surface area (Å²) >= 11 is 1.35. The number of thioether (sulfide) groups is 1. The predicted octanol–water partition coefficient (Wildman–Crippen LogP) is 6.27. The standard InChI is InChI=1S/C28H35FN2O5S2/c1-4-6-10-22-18-30(21-11-8-7-9-12-21)24-15-26(37-3)25(36-19-23(29)28(32)35-5-2)16-27(24)38(33,34)31(22)17-20-13-14-20/h7-9,11-12,15-16,19-20,22H,4-6,10,13-14,17-18H2,1-3H3/b23-19-. The quantitative estimate of drug-likeness (QED) is 0.138. The smallest absolute Gasteiger partial charge is 0.370 e. The molecule has 0 amide bonds. The minimum absolute atomic E-state index is 0.0264. The minimum Gasteiger partial charge on any atom is -0.461 e. The first kappa shape index (κ1) is 28.4. The van der Waals surface area contributed by atoms with Gasteiger partial charge in [-0.25, -0.2) is 13.2 Å². The van der Waals surface area contributed by atoms with Crippen molar-refractivity contribution in [3.8, 4) is 5.75 Å². The van der Waals surface area contributed by atoms with E-state index in [0.29, 0.717) is 35.9 Å². The fourth-order valence-corrected chi connectivity index (χ4v) is 7.07. The number of fused-ring (bicyclic) bond motifs is 1. The van der Waals surface area contributed by atoms with Crippen LogP contribution >= 0.6 is 11.8 Å². The first-order chi connectivity index (χ1) is 18.3. The van der Waals surface area contributed by atoms with Crippen LogP contribution < -0.4 is 9.64 Å². The van der Waals surface area contributed by atoms with Gasteiger partial charge >= 0.3 is 5.97 Å². The van der Waals surface area contributed by atoms with Crippen LogP contribution in [0.4, 0.5) is 15.8 Å². The van der Waals surface area contributed by atoms with Gasteiger partial charge in [-0.15, -0.1) is 11.8 Å². The van der Waals surface area contributed by atoms with Gasteiger partial charge < -0.3 is 14.4 Å². The van der Waals surface area contributed by atoms with Crippen molar-refractivity contribution in [2.24, 2.45) is 5.92 Å². The topological polar surface area (TPSA) is 76.1 Å². The number of esters is 1. The zero-order valence-corrected chi connectivity index (χ0v) is 23.7. The number of sulfonamides is 1. The highest BCUT2D eigenvalue weighted by Crippen LogP contribution is 2.45. The number of hydrogen-bond donors (Lipinski definition) is 0. The third-order valence-electron chi connectivity index (χ3n) is 6.78. The summed E-state index contributed by atoms with van der Waals surface area (Å²) in [6.07, 6.45) is 7.21. The number of unbranched alkanes of at least 4 members (excludes halogenated alkanes) is 1.